The van der Waals surface area contributed by atoms with Crippen LogP contribution in [-0.4, -0.2) is 29.3 Å². The van der Waals surface area contributed by atoms with E-state index < -0.39 is 6.04 Å². The molecule has 4 nitrogen and oxygen atoms in total. The van der Waals surface area contributed by atoms with Crippen molar-refractivity contribution in [1.82, 2.24) is 10.2 Å². The lowest BCUT2D eigenvalue weighted by Crippen LogP contribution is -2.62. The van der Waals surface area contributed by atoms with E-state index in [1.807, 2.05) is 45.9 Å². The fourth-order valence-electron chi connectivity index (χ4n) is 2.53. The first-order chi connectivity index (χ1) is 9.70. The molecule has 0 saturated carbocycles. The van der Waals surface area contributed by atoms with Gasteiger partial charge in [-0.25, -0.2) is 0 Å². The summed E-state index contributed by atoms with van der Waals surface area (Å²) >= 11 is 6.01. The highest BCUT2D eigenvalue weighted by Gasteiger charge is 2.41. The van der Waals surface area contributed by atoms with Crippen molar-refractivity contribution >= 4 is 23.4 Å². The van der Waals surface area contributed by atoms with Gasteiger partial charge in [-0.2, -0.15) is 0 Å². The summed E-state index contributed by atoms with van der Waals surface area (Å²) in [5.41, 5.74) is 0.609. The highest BCUT2D eigenvalue weighted by Crippen LogP contribution is 2.29. The molecule has 1 heterocycles. The molecule has 0 aliphatic carbocycles. The van der Waals surface area contributed by atoms with Gasteiger partial charge in [0.1, 0.15) is 12.6 Å². The normalized spacial score (nSPS) is 21.2. The molecule has 1 N–H and O–H groups in total. The van der Waals surface area contributed by atoms with Gasteiger partial charge >= 0.3 is 0 Å². The Morgan fingerprint density at radius 1 is 1.33 bits per heavy atom. The van der Waals surface area contributed by atoms with Crippen LogP contribution in [0.4, 0.5) is 0 Å². The van der Waals surface area contributed by atoms with Crippen molar-refractivity contribution in [2.24, 2.45) is 5.41 Å². The van der Waals surface area contributed by atoms with Crippen molar-refractivity contribution < 1.29 is 9.59 Å². The monoisotopic (exact) mass is 308 g/mol. The van der Waals surface area contributed by atoms with Crippen LogP contribution in [0.25, 0.3) is 0 Å². The van der Waals surface area contributed by atoms with E-state index in [0.717, 1.165) is 5.56 Å². The third-order valence-corrected chi connectivity index (χ3v) is 4.05. The second-order valence-electron chi connectivity index (χ2n) is 6.56. The van der Waals surface area contributed by atoms with Gasteiger partial charge < -0.3 is 10.2 Å². The first-order valence-corrected chi connectivity index (χ1v) is 7.43. The van der Waals surface area contributed by atoms with Gasteiger partial charge in [-0.15, -0.1) is 0 Å². The van der Waals surface area contributed by atoms with Crippen molar-refractivity contribution in [3.8, 4) is 0 Å². The minimum Gasteiger partial charge on any atom is -0.342 e. The van der Waals surface area contributed by atoms with E-state index in [0.29, 0.717) is 5.02 Å². The number of nitrogens with zero attached hydrogens (tertiary/aromatic N) is 1. The molecule has 0 bridgehead atoms. The molecular formula is C16H21ClN2O2. The van der Waals surface area contributed by atoms with Crippen LogP contribution in [-0.2, 0) is 9.59 Å². The summed E-state index contributed by atoms with van der Waals surface area (Å²) in [6, 6.07) is 6.71. The lowest BCUT2D eigenvalue weighted by atomic mass is 9.84. The van der Waals surface area contributed by atoms with Gasteiger partial charge in [0.05, 0.1) is 6.04 Å². The first kappa shape index (κ1) is 15.8. The summed E-state index contributed by atoms with van der Waals surface area (Å²) in [6.07, 6.45) is 0. The summed E-state index contributed by atoms with van der Waals surface area (Å²) in [7, 11) is 0. The maximum Gasteiger partial charge on any atom is 0.246 e. The van der Waals surface area contributed by atoms with E-state index >= 15 is 0 Å². The smallest absolute Gasteiger partial charge is 0.246 e. The van der Waals surface area contributed by atoms with Crippen molar-refractivity contribution in [1.29, 1.82) is 0 Å². The predicted molar refractivity (Wildman–Crippen MR) is 83.0 cm³/mol. The minimum atomic E-state index is -0.500. The van der Waals surface area contributed by atoms with E-state index in [1.165, 1.54) is 0 Å². The Bertz CT molecular complexity index is 566. The Labute approximate surface area is 130 Å². The summed E-state index contributed by atoms with van der Waals surface area (Å²) in [4.78, 5) is 26.3. The van der Waals surface area contributed by atoms with Gasteiger partial charge in [-0.1, -0.05) is 44.5 Å². The average molecular weight is 309 g/mol. The van der Waals surface area contributed by atoms with Gasteiger partial charge in [0.25, 0.3) is 0 Å². The van der Waals surface area contributed by atoms with Crippen LogP contribution in [0.5, 0.6) is 0 Å². The third-order valence-electron chi connectivity index (χ3n) is 3.81. The number of piperazine rings is 1. The van der Waals surface area contributed by atoms with Gasteiger partial charge in [-0.05, 0) is 30.0 Å². The topological polar surface area (TPSA) is 49.4 Å². The number of amides is 2. The van der Waals surface area contributed by atoms with Crippen LogP contribution in [0.1, 0.15) is 39.3 Å². The number of carbonyl (C=O) groups excluding carboxylic acids is 2. The van der Waals surface area contributed by atoms with E-state index in [2.05, 4.69) is 5.32 Å². The number of carbonyl (C=O) groups is 2. The van der Waals surface area contributed by atoms with Gasteiger partial charge in [-0.3, -0.25) is 9.59 Å². The zero-order chi connectivity index (χ0) is 15.8. The molecule has 0 spiro atoms. The van der Waals surface area contributed by atoms with E-state index in [4.69, 9.17) is 11.6 Å². The number of hydrogen-bond donors (Lipinski definition) is 1. The van der Waals surface area contributed by atoms with E-state index in [-0.39, 0.29) is 29.8 Å². The van der Waals surface area contributed by atoms with Gasteiger partial charge in [0.15, 0.2) is 0 Å². The highest BCUT2D eigenvalue weighted by atomic mass is 35.5. The summed E-state index contributed by atoms with van der Waals surface area (Å²) < 4.78 is 0. The van der Waals surface area contributed by atoms with Crippen LogP contribution < -0.4 is 5.32 Å². The molecule has 1 saturated heterocycles. The number of hydrogen-bond acceptors (Lipinski definition) is 2. The molecular weight excluding hydrogens is 288 g/mol. The lowest BCUT2D eigenvalue weighted by Gasteiger charge is -2.41. The largest absolute Gasteiger partial charge is 0.342 e. The molecule has 0 aromatic heterocycles. The van der Waals surface area contributed by atoms with Crippen LogP contribution in [0.15, 0.2) is 24.3 Å². The first-order valence-electron chi connectivity index (χ1n) is 7.05. The Balaban J connectivity index is 2.29. The molecule has 2 rings (SSSR count). The summed E-state index contributed by atoms with van der Waals surface area (Å²) in [5, 5.41) is 3.42. The Kier molecular flexibility index (Phi) is 4.28. The molecule has 2 amide bonds. The van der Waals surface area contributed by atoms with E-state index in [1.54, 1.807) is 11.0 Å². The minimum absolute atomic E-state index is 0.0467. The van der Waals surface area contributed by atoms with Crippen molar-refractivity contribution in [3.05, 3.63) is 34.9 Å². The molecule has 1 aromatic rings. The zero-order valence-corrected chi connectivity index (χ0v) is 13.6. The van der Waals surface area contributed by atoms with Crippen LogP contribution in [0.3, 0.4) is 0 Å². The lowest BCUT2D eigenvalue weighted by molar-refractivity contribution is -0.149. The standard InChI is InChI=1S/C16H21ClN2O2/c1-10(11-6-5-7-12(17)8-11)19-9-13(20)18-14(15(19)21)16(2,3)4/h5-8,10,14H,9H2,1-4H3,(H,18,20). The number of benzene rings is 1. The number of halogens is 1. The molecule has 0 radical (unpaired) electrons. The Morgan fingerprint density at radius 3 is 2.57 bits per heavy atom. The predicted octanol–water partition coefficient (Wildman–Crippen LogP) is 2.77. The molecule has 1 aliphatic rings. The average Bonchev–Trinajstić information content (AvgIpc) is 2.39. The second kappa shape index (κ2) is 5.68. The fraction of sp³-hybridized carbons (Fsp3) is 0.500. The molecule has 1 aliphatic heterocycles. The summed E-state index contributed by atoms with van der Waals surface area (Å²) in [6.45, 7) is 7.84. The molecule has 2 unspecified atom stereocenters. The number of nitrogens with one attached hydrogen (secondary N) is 1. The van der Waals surface area contributed by atoms with Crippen LogP contribution in [0, 0.1) is 5.41 Å². The molecule has 1 fully saturated rings. The van der Waals surface area contributed by atoms with E-state index in [9.17, 15) is 9.59 Å². The second-order valence-corrected chi connectivity index (χ2v) is 7.00. The fourth-order valence-corrected chi connectivity index (χ4v) is 2.73. The zero-order valence-electron chi connectivity index (χ0n) is 12.8. The van der Waals surface area contributed by atoms with Crippen molar-refractivity contribution in [3.63, 3.8) is 0 Å². The maximum absolute atomic E-state index is 12.7. The molecule has 1 aromatic carbocycles. The van der Waals surface area contributed by atoms with Gasteiger partial charge in [0, 0.05) is 5.02 Å². The van der Waals surface area contributed by atoms with Crippen LogP contribution >= 0.6 is 11.6 Å². The molecule has 114 valence electrons. The van der Waals surface area contributed by atoms with Gasteiger partial charge in [0.2, 0.25) is 11.8 Å². The van der Waals surface area contributed by atoms with Crippen molar-refractivity contribution in [2.45, 2.75) is 39.8 Å². The van der Waals surface area contributed by atoms with Crippen LogP contribution in [0.2, 0.25) is 5.02 Å². The maximum atomic E-state index is 12.7. The molecule has 21 heavy (non-hydrogen) atoms. The van der Waals surface area contributed by atoms with Crippen molar-refractivity contribution in [2.75, 3.05) is 6.54 Å². The molecule has 5 heteroatoms. The third kappa shape index (κ3) is 3.38. The number of rotatable bonds is 2. The summed E-state index contributed by atoms with van der Waals surface area (Å²) in [5.74, 6) is -0.169. The highest BCUT2D eigenvalue weighted by molar-refractivity contribution is 6.30. The molecule has 2 atom stereocenters. The quantitative estimate of drug-likeness (QED) is 0.913. The Morgan fingerprint density at radius 2 is 2.00 bits per heavy atom. The SMILES string of the molecule is CC(c1cccc(Cl)c1)N1CC(=O)NC(C(C)(C)C)C1=O. The Hall–Kier alpha value is -1.55.